The Bertz CT molecular complexity index is 1020. The van der Waals surface area contributed by atoms with E-state index in [1.807, 2.05) is 0 Å². The molecule has 3 aromatic rings. The molecule has 0 amide bonds. The first-order chi connectivity index (χ1) is 11.9. The summed E-state index contributed by atoms with van der Waals surface area (Å²) >= 11 is 1.19. The molecular weight excluding hydrogens is 370 g/mol. The maximum Gasteiger partial charge on any atom is 0.264 e. The summed E-state index contributed by atoms with van der Waals surface area (Å²) in [4.78, 5) is -0.218. The van der Waals surface area contributed by atoms with Crippen LogP contribution >= 0.6 is 11.8 Å². The van der Waals surface area contributed by atoms with Gasteiger partial charge >= 0.3 is 0 Å². The van der Waals surface area contributed by atoms with Crippen LogP contribution in [0.4, 0.5) is 14.5 Å². The van der Waals surface area contributed by atoms with Gasteiger partial charge in [0.1, 0.15) is 22.9 Å². The zero-order valence-corrected chi connectivity index (χ0v) is 14.5. The van der Waals surface area contributed by atoms with E-state index < -0.39 is 26.6 Å². The SMILES string of the molecule is Cn1cnnc1Sc1ccccc1NS(=O)(=O)c1cc(F)ccc1F. The summed E-state index contributed by atoms with van der Waals surface area (Å²) in [6.07, 6.45) is 1.51. The highest BCUT2D eigenvalue weighted by atomic mass is 32.2. The molecule has 0 saturated heterocycles. The Morgan fingerprint density at radius 3 is 2.64 bits per heavy atom. The second-order valence-corrected chi connectivity index (χ2v) is 7.66. The molecule has 0 aliphatic rings. The smallest absolute Gasteiger partial charge is 0.264 e. The van der Waals surface area contributed by atoms with Crippen molar-refractivity contribution in [3.05, 3.63) is 60.4 Å². The Labute approximate surface area is 147 Å². The number of nitrogens with one attached hydrogen (secondary N) is 1. The van der Waals surface area contributed by atoms with Crippen molar-refractivity contribution in [2.24, 2.45) is 7.05 Å². The van der Waals surface area contributed by atoms with Gasteiger partial charge in [-0.2, -0.15) is 0 Å². The van der Waals surface area contributed by atoms with Crippen molar-refractivity contribution < 1.29 is 17.2 Å². The summed E-state index contributed by atoms with van der Waals surface area (Å²) in [6, 6.07) is 8.80. The fraction of sp³-hybridized carbons (Fsp3) is 0.0667. The van der Waals surface area contributed by atoms with E-state index in [9.17, 15) is 17.2 Å². The van der Waals surface area contributed by atoms with Gasteiger partial charge in [-0.1, -0.05) is 12.1 Å². The molecule has 1 N–H and O–H groups in total. The topological polar surface area (TPSA) is 76.9 Å². The van der Waals surface area contributed by atoms with Gasteiger partial charge in [0.25, 0.3) is 10.0 Å². The number of aryl methyl sites for hydroxylation is 1. The fourth-order valence-corrected chi connectivity index (χ4v) is 4.07. The lowest BCUT2D eigenvalue weighted by atomic mass is 10.3. The molecule has 0 fully saturated rings. The molecule has 6 nitrogen and oxygen atoms in total. The van der Waals surface area contributed by atoms with Gasteiger partial charge in [0.15, 0.2) is 5.16 Å². The third-order valence-corrected chi connectivity index (χ3v) is 5.69. The number of anilines is 1. The predicted octanol–water partition coefficient (Wildman–Crippen LogP) is 3.05. The highest BCUT2D eigenvalue weighted by molar-refractivity contribution is 7.99. The molecule has 0 unspecified atom stereocenters. The van der Waals surface area contributed by atoms with E-state index in [0.29, 0.717) is 16.1 Å². The van der Waals surface area contributed by atoms with Crippen LogP contribution in [-0.4, -0.2) is 23.2 Å². The number of hydrogen-bond donors (Lipinski definition) is 1. The van der Waals surface area contributed by atoms with Crippen molar-refractivity contribution in [2.45, 2.75) is 14.9 Å². The number of rotatable bonds is 5. The normalized spacial score (nSPS) is 11.5. The van der Waals surface area contributed by atoms with Crippen molar-refractivity contribution in [1.82, 2.24) is 14.8 Å². The first-order valence-electron chi connectivity index (χ1n) is 6.95. The molecule has 0 saturated carbocycles. The minimum absolute atomic E-state index is 0.221. The molecule has 0 radical (unpaired) electrons. The van der Waals surface area contributed by atoms with Crippen molar-refractivity contribution >= 4 is 27.5 Å². The van der Waals surface area contributed by atoms with Gasteiger partial charge < -0.3 is 4.57 Å². The lowest BCUT2D eigenvalue weighted by molar-refractivity contribution is 0.555. The molecule has 1 aromatic heterocycles. The van der Waals surface area contributed by atoms with Crippen molar-refractivity contribution in [2.75, 3.05) is 4.72 Å². The van der Waals surface area contributed by atoms with Crippen molar-refractivity contribution in [3.8, 4) is 0 Å². The average Bonchev–Trinajstić information content (AvgIpc) is 2.96. The summed E-state index contributed by atoms with van der Waals surface area (Å²) in [5.74, 6) is -1.88. The van der Waals surface area contributed by atoms with Crippen LogP contribution in [0.25, 0.3) is 0 Å². The molecule has 10 heteroatoms. The summed E-state index contributed by atoms with van der Waals surface area (Å²) in [5.41, 5.74) is 0.221. The average molecular weight is 382 g/mol. The van der Waals surface area contributed by atoms with Gasteiger partial charge in [0.2, 0.25) is 0 Å². The Morgan fingerprint density at radius 2 is 1.92 bits per heavy atom. The molecule has 0 atom stereocenters. The minimum atomic E-state index is -4.30. The largest absolute Gasteiger partial charge is 0.311 e. The number of aromatic nitrogens is 3. The van der Waals surface area contributed by atoms with Crippen LogP contribution in [0, 0.1) is 11.6 Å². The van der Waals surface area contributed by atoms with Gasteiger partial charge in [0.05, 0.1) is 5.69 Å². The highest BCUT2D eigenvalue weighted by Gasteiger charge is 2.21. The first-order valence-corrected chi connectivity index (χ1v) is 9.25. The third kappa shape index (κ3) is 3.80. The van der Waals surface area contributed by atoms with E-state index in [1.54, 1.807) is 29.8 Å². The number of benzene rings is 2. The molecular formula is C15H12F2N4O2S2. The summed E-state index contributed by atoms with van der Waals surface area (Å²) in [7, 11) is -2.55. The van der Waals surface area contributed by atoms with Crippen molar-refractivity contribution in [1.29, 1.82) is 0 Å². The maximum absolute atomic E-state index is 13.8. The monoisotopic (exact) mass is 382 g/mol. The third-order valence-electron chi connectivity index (χ3n) is 3.19. The Morgan fingerprint density at radius 1 is 1.16 bits per heavy atom. The standard InChI is InChI=1S/C15H12F2N4O2S2/c1-21-9-18-19-15(21)24-13-5-3-2-4-12(13)20-25(22,23)14-8-10(16)6-7-11(14)17/h2-9,20H,1H3. The maximum atomic E-state index is 13.8. The number of sulfonamides is 1. The van der Waals surface area contributed by atoms with Gasteiger partial charge in [0, 0.05) is 11.9 Å². The Balaban J connectivity index is 1.95. The van der Waals surface area contributed by atoms with E-state index in [4.69, 9.17) is 0 Å². The number of halogens is 2. The molecule has 0 bridgehead atoms. The number of hydrogen-bond acceptors (Lipinski definition) is 5. The lowest BCUT2D eigenvalue weighted by Crippen LogP contribution is -2.15. The van der Waals surface area contributed by atoms with Gasteiger partial charge in [-0.15, -0.1) is 10.2 Å². The molecule has 0 spiro atoms. The lowest BCUT2D eigenvalue weighted by Gasteiger charge is -2.12. The number of nitrogens with zero attached hydrogens (tertiary/aromatic N) is 3. The summed E-state index contributed by atoms with van der Waals surface area (Å²) < 4.78 is 56.0. The highest BCUT2D eigenvalue weighted by Crippen LogP contribution is 2.33. The van der Waals surface area contributed by atoms with Crippen LogP contribution in [-0.2, 0) is 17.1 Å². The molecule has 3 rings (SSSR count). The quantitative estimate of drug-likeness (QED) is 0.734. The van der Waals surface area contributed by atoms with E-state index in [-0.39, 0.29) is 5.69 Å². The van der Waals surface area contributed by atoms with Crippen molar-refractivity contribution in [3.63, 3.8) is 0 Å². The number of para-hydroxylation sites is 1. The first kappa shape index (κ1) is 17.4. The van der Waals surface area contributed by atoms with E-state index in [2.05, 4.69) is 14.9 Å². The Hall–Kier alpha value is -2.46. The zero-order valence-electron chi connectivity index (χ0n) is 12.8. The van der Waals surface area contributed by atoms with E-state index in [1.165, 1.54) is 24.2 Å². The predicted molar refractivity (Wildman–Crippen MR) is 88.7 cm³/mol. The molecule has 0 aliphatic carbocycles. The second-order valence-electron chi connectivity index (χ2n) is 5.00. The minimum Gasteiger partial charge on any atom is -0.311 e. The van der Waals surface area contributed by atoms with Gasteiger partial charge in [-0.3, -0.25) is 4.72 Å². The summed E-state index contributed by atoms with van der Waals surface area (Å²) in [6.45, 7) is 0. The van der Waals surface area contributed by atoms with Crippen LogP contribution in [0.2, 0.25) is 0 Å². The zero-order chi connectivity index (χ0) is 18.0. The molecule has 0 aliphatic heterocycles. The van der Waals surface area contributed by atoms with E-state index in [0.717, 1.165) is 12.1 Å². The van der Waals surface area contributed by atoms with E-state index >= 15 is 0 Å². The molecule has 1 heterocycles. The molecule has 2 aromatic carbocycles. The fourth-order valence-electron chi connectivity index (χ4n) is 1.99. The second kappa shape index (κ2) is 6.81. The molecule has 25 heavy (non-hydrogen) atoms. The van der Waals surface area contributed by atoms with Gasteiger partial charge in [-0.05, 0) is 42.1 Å². The van der Waals surface area contributed by atoms with Crippen LogP contribution < -0.4 is 4.72 Å². The Kier molecular flexibility index (Phi) is 4.73. The molecule has 130 valence electrons. The van der Waals surface area contributed by atoms with Crippen LogP contribution in [0.1, 0.15) is 0 Å². The van der Waals surface area contributed by atoms with Crippen LogP contribution in [0.15, 0.2) is 63.7 Å². The van der Waals surface area contributed by atoms with Crippen LogP contribution in [0.3, 0.4) is 0 Å². The summed E-state index contributed by atoms with van der Waals surface area (Å²) in [5, 5.41) is 8.22. The van der Waals surface area contributed by atoms with Gasteiger partial charge in [-0.25, -0.2) is 17.2 Å². The van der Waals surface area contributed by atoms with Crippen LogP contribution in [0.5, 0.6) is 0 Å².